The third-order valence-corrected chi connectivity index (χ3v) is 4.15. The summed E-state index contributed by atoms with van der Waals surface area (Å²) in [6, 6.07) is 12.0. The van der Waals surface area contributed by atoms with Crippen molar-refractivity contribution in [3.8, 4) is 11.5 Å². The first-order valence-corrected chi connectivity index (χ1v) is 7.92. The maximum Gasteiger partial charge on any atom is 0.251 e. The van der Waals surface area contributed by atoms with Crippen LogP contribution in [0.25, 0.3) is 0 Å². The van der Waals surface area contributed by atoms with Crippen molar-refractivity contribution in [2.75, 3.05) is 18.6 Å². The molecule has 1 N–H and O–H groups in total. The van der Waals surface area contributed by atoms with Crippen LogP contribution >= 0.6 is 0 Å². The number of rotatable bonds is 3. The lowest BCUT2D eigenvalue weighted by atomic mass is 9.99. The number of methoxy groups -OCH3 is 1. The Labute approximate surface area is 141 Å². The molecule has 0 saturated heterocycles. The highest BCUT2D eigenvalue weighted by molar-refractivity contribution is 6.21. The molecule has 1 atom stereocenters. The summed E-state index contributed by atoms with van der Waals surface area (Å²) < 4.78 is 5.46. The number of carbonyl (C=O) groups excluding carboxylic acids is 1. The Kier molecular flexibility index (Phi) is 4.25. The van der Waals surface area contributed by atoms with Crippen molar-refractivity contribution in [1.82, 2.24) is 0 Å². The molecule has 0 spiro atoms. The molecule has 3 rings (SSSR count). The van der Waals surface area contributed by atoms with E-state index >= 15 is 0 Å². The molecule has 1 aliphatic rings. The van der Waals surface area contributed by atoms with E-state index in [1.54, 1.807) is 37.1 Å². The van der Waals surface area contributed by atoms with Gasteiger partial charge in [0.05, 0.1) is 18.5 Å². The van der Waals surface area contributed by atoms with Crippen molar-refractivity contribution >= 4 is 17.3 Å². The molecule has 0 aromatic heterocycles. The number of phenolic OH excluding ortho intramolecular Hbond substituents is 1. The number of para-hydroxylation sites is 1. The van der Waals surface area contributed by atoms with Crippen molar-refractivity contribution in [3.05, 3.63) is 53.6 Å². The number of aromatic hydroxyl groups is 1. The van der Waals surface area contributed by atoms with Gasteiger partial charge in [0, 0.05) is 17.7 Å². The van der Waals surface area contributed by atoms with Gasteiger partial charge in [-0.1, -0.05) is 12.1 Å². The van der Waals surface area contributed by atoms with Crippen molar-refractivity contribution in [1.29, 1.82) is 0 Å². The van der Waals surface area contributed by atoms with E-state index in [9.17, 15) is 9.90 Å². The van der Waals surface area contributed by atoms with E-state index in [1.807, 2.05) is 31.2 Å². The third kappa shape index (κ3) is 2.62. The first-order chi connectivity index (χ1) is 11.6. The fourth-order valence-electron chi connectivity index (χ4n) is 2.99. The van der Waals surface area contributed by atoms with E-state index in [4.69, 9.17) is 4.74 Å². The highest BCUT2D eigenvalue weighted by Gasteiger charge is 2.29. The molecule has 0 aliphatic carbocycles. The van der Waals surface area contributed by atoms with Crippen LogP contribution in [-0.4, -0.2) is 36.4 Å². The van der Waals surface area contributed by atoms with Crippen LogP contribution < -0.4 is 9.64 Å². The second-order valence-corrected chi connectivity index (χ2v) is 5.64. The average Bonchev–Trinajstić information content (AvgIpc) is 2.70. The molecule has 0 radical (unpaired) electrons. The molecule has 1 heterocycles. The van der Waals surface area contributed by atoms with Gasteiger partial charge in [0.2, 0.25) is 0 Å². The van der Waals surface area contributed by atoms with Gasteiger partial charge < -0.3 is 14.7 Å². The number of ether oxygens (including phenoxy) is 1. The summed E-state index contributed by atoms with van der Waals surface area (Å²) >= 11 is 0. The SMILES string of the molecule is CCN1C(=O)C(C)N=C(c2ccccc2OC)c2cc(O)ccc21. The lowest BCUT2D eigenvalue weighted by molar-refractivity contribution is -0.119. The Balaban J connectivity index is 2.30. The smallest absolute Gasteiger partial charge is 0.251 e. The number of aliphatic imine (C=N–C) groups is 1. The van der Waals surface area contributed by atoms with Crippen LogP contribution in [0.4, 0.5) is 5.69 Å². The highest BCUT2D eigenvalue weighted by Crippen LogP contribution is 2.33. The Bertz CT molecular complexity index is 814. The van der Waals surface area contributed by atoms with E-state index in [1.165, 1.54) is 0 Å². The van der Waals surface area contributed by atoms with Crippen LogP contribution in [-0.2, 0) is 4.79 Å². The maximum atomic E-state index is 12.7. The molecule has 1 unspecified atom stereocenters. The molecule has 5 nitrogen and oxygen atoms in total. The minimum absolute atomic E-state index is 0.0608. The predicted molar refractivity (Wildman–Crippen MR) is 94.2 cm³/mol. The molecule has 124 valence electrons. The number of amides is 1. The Morgan fingerprint density at radius 2 is 1.96 bits per heavy atom. The second kappa shape index (κ2) is 6.35. The lowest BCUT2D eigenvalue weighted by Crippen LogP contribution is -2.36. The normalized spacial score (nSPS) is 17.1. The maximum absolute atomic E-state index is 12.7. The number of hydrogen-bond donors (Lipinski definition) is 1. The van der Waals surface area contributed by atoms with Crippen molar-refractivity contribution in [2.45, 2.75) is 19.9 Å². The number of phenols is 1. The number of benzene rings is 2. The van der Waals surface area contributed by atoms with E-state index in [-0.39, 0.29) is 11.7 Å². The van der Waals surface area contributed by atoms with E-state index < -0.39 is 6.04 Å². The molecule has 0 bridgehead atoms. The van der Waals surface area contributed by atoms with Crippen molar-refractivity contribution in [2.24, 2.45) is 4.99 Å². The molecular weight excluding hydrogens is 304 g/mol. The molecular formula is C19H20N2O3. The summed E-state index contributed by atoms with van der Waals surface area (Å²) in [5, 5.41) is 9.97. The molecule has 24 heavy (non-hydrogen) atoms. The first kappa shape index (κ1) is 16.1. The van der Waals surface area contributed by atoms with Crippen LogP contribution in [0.3, 0.4) is 0 Å². The zero-order chi connectivity index (χ0) is 17.3. The van der Waals surface area contributed by atoms with Crippen LogP contribution in [0, 0.1) is 0 Å². The zero-order valence-corrected chi connectivity index (χ0v) is 14.0. The lowest BCUT2D eigenvalue weighted by Gasteiger charge is -2.22. The highest BCUT2D eigenvalue weighted by atomic mass is 16.5. The van der Waals surface area contributed by atoms with Gasteiger partial charge in [-0.15, -0.1) is 0 Å². The number of hydrogen-bond acceptors (Lipinski definition) is 4. The Hall–Kier alpha value is -2.82. The molecule has 0 saturated carbocycles. The summed E-state index contributed by atoms with van der Waals surface area (Å²) in [5.41, 5.74) is 2.91. The summed E-state index contributed by atoms with van der Waals surface area (Å²) in [7, 11) is 1.60. The van der Waals surface area contributed by atoms with Gasteiger partial charge in [-0.2, -0.15) is 0 Å². The fourth-order valence-corrected chi connectivity index (χ4v) is 2.99. The summed E-state index contributed by atoms with van der Waals surface area (Å²) in [5.74, 6) is 0.749. The number of carbonyl (C=O) groups is 1. The van der Waals surface area contributed by atoms with Crippen LogP contribution in [0.15, 0.2) is 47.5 Å². The van der Waals surface area contributed by atoms with Crippen LogP contribution in [0.5, 0.6) is 11.5 Å². The minimum atomic E-state index is -0.514. The summed E-state index contributed by atoms with van der Waals surface area (Å²) in [6.07, 6.45) is 0. The van der Waals surface area contributed by atoms with Gasteiger partial charge >= 0.3 is 0 Å². The van der Waals surface area contributed by atoms with E-state index in [0.29, 0.717) is 18.0 Å². The molecule has 2 aromatic rings. The number of benzodiazepines with no additional fused rings is 1. The summed E-state index contributed by atoms with van der Waals surface area (Å²) in [6.45, 7) is 4.25. The monoisotopic (exact) mass is 324 g/mol. The Morgan fingerprint density at radius 3 is 2.67 bits per heavy atom. The van der Waals surface area contributed by atoms with Gasteiger partial charge in [0.1, 0.15) is 17.5 Å². The van der Waals surface area contributed by atoms with E-state index in [2.05, 4.69) is 4.99 Å². The van der Waals surface area contributed by atoms with Gasteiger partial charge in [-0.3, -0.25) is 9.79 Å². The van der Waals surface area contributed by atoms with Crippen LogP contribution in [0.2, 0.25) is 0 Å². The molecule has 1 aliphatic heterocycles. The molecule has 0 fully saturated rings. The van der Waals surface area contributed by atoms with Crippen molar-refractivity contribution < 1.29 is 14.6 Å². The Morgan fingerprint density at radius 1 is 1.21 bits per heavy atom. The second-order valence-electron chi connectivity index (χ2n) is 5.64. The standard InChI is InChI=1S/C19H20N2O3/c1-4-21-16-10-9-13(22)11-15(16)18(20-12(2)19(21)23)14-7-5-6-8-17(14)24-3/h5-12,22H,4H2,1-3H3. The average molecular weight is 324 g/mol. The van der Waals surface area contributed by atoms with Gasteiger partial charge in [-0.05, 0) is 44.2 Å². The minimum Gasteiger partial charge on any atom is -0.508 e. The third-order valence-electron chi connectivity index (χ3n) is 4.15. The number of likely N-dealkylation sites (N-methyl/N-ethyl adjacent to an activating group) is 1. The first-order valence-electron chi connectivity index (χ1n) is 7.92. The topological polar surface area (TPSA) is 62.1 Å². The number of anilines is 1. The van der Waals surface area contributed by atoms with Gasteiger partial charge in [-0.25, -0.2) is 0 Å². The van der Waals surface area contributed by atoms with Crippen LogP contribution in [0.1, 0.15) is 25.0 Å². The quantitative estimate of drug-likeness (QED) is 0.944. The largest absolute Gasteiger partial charge is 0.508 e. The van der Waals surface area contributed by atoms with Gasteiger partial charge in [0.15, 0.2) is 0 Å². The van der Waals surface area contributed by atoms with Gasteiger partial charge in [0.25, 0.3) is 5.91 Å². The number of nitrogens with zero attached hydrogens (tertiary/aromatic N) is 2. The molecule has 2 aromatic carbocycles. The summed E-state index contributed by atoms with van der Waals surface area (Å²) in [4.78, 5) is 19.0. The number of fused-ring (bicyclic) bond motifs is 1. The molecule has 1 amide bonds. The zero-order valence-electron chi connectivity index (χ0n) is 14.0. The predicted octanol–water partition coefficient (Wildman–Crippen LogP) is 2.99. The van der Waals surface area contributed by atoms with E-state index in [0.717, 1.165) is 16.8 Å². The molecule has 5 heteroatoms. The fraction of sp³-hybridized carbons (Fsp3) is 0.263. The van der Waals surface area contributed by atoms with Crippen molar-refractivity contribution in [3.63, 3.8) is 0 Å².